The maximum atomic E-state index is 14.0. The van der Waals surface area contributed by atoms with Gasteiger partial charge in [0.2, 0.25) is 0 Å². The quantitative estimate of drug-likeness (QED) is 0.235. The van der Waals surface area contributed by atoms with E-state index in [1.165, 1.54) is 10.9 Å². The van der Waals surface area contributed by atoms with E-state index in [9.17, 15) is 14.9 Å². The highest BCUT2D eigenvalue weighted by Crippen LogP contribution is 2.28. The fourth-order valence-corrected chi connectivity index (χ4v) is 6.18. The van der Waals surface area contributed by atoms with Crippen LogP contribution in [0.1, 0.15) is 26.7 Å². The van der Waals surface area contributed by atoms with Crippen LogP contribution < -0.4 is 16.2 Å². The molecule has 0 spiro atoms. The van der Waals surface area contributed by atoms with Crippen LogP contribution in [-0.4, -0.2) is 79.2 Å². The van der Waals surface area contributed by atoms with Crippen LogP contribution in [0.3, 0.4) is 0 Å². The average Bonchev–Trinajstić information content (AvgIpc) is 3.64. The molecule has 0 aliphatic carbocycles. The minimum Gasteiger partial charge on any atom is -0.457 e. The van der Waals surface area contributed by atoms with Crippen LogP contribution in [0.2, 0.25) is 0 Å². The lowest BCUT2D eigenvalue weighted by Gasteiger charge is -2.39. The van der Waals surface area contributed by atoms with Crippen LogP contribution in [-0.2, 0) is 16.1 Å². The van der Waals surface area contributed by atoms with Gasteiger partial charge in [0, 0.05) is 31.7 Å². The first-order chi connectivity index (χ1) is 21.8. The Balaban J connectivity index is 1.29. The zero-order valence-electron chi connectivity index (χ0n) is 25.4. The summed E-state index contributed by atoms with van der Waals surface area (Å²) in [6, 6.07) is 18.4. The van der Waals surface area contributed by atoms with E-state index in [2.05, 4.69) is 20.9 Å². The molecule has 0 unspecified atom stereocenters. The molecule has 2 aliphatic heterocycles. The number of hydrogen-bond acceptors (Lipinski definition) is 9. The van der Waals surface area contributed by atoms with E-state index in [4.69, 9.17) is 15.2 Å². The van der Waals surface area contributed by atoms with Gasteiger partial charge in [0.15, 0.2) is 11.5 Å². The number of nitriles is 1. The van der Waals surface area contributed by atoms with E-state index in [-0.39, 0.29) is 35.6 Å². The standard InChI is InChI=1S/C33H36N8O4/c1-33(2,38-15-17-44-18-16-38)19-23(20-34)31(42)39-14-6-7-25(39)21-40-30-28(29(35)36-22-37-30)41(32(40)43)24-10-12-27(13-11-24)45-26-8-4-3-5-9-26/h3-5,8-13,19,22,25H,6-7,14-18,21H2,1-2H3,(H2,35,36,37)/b23-19-/t25-/m0/s1. The van der Waals surface area contributed by atoms with Gasteiger partial charge in [-0.3, -0.25) is 18.8 Å². The molecular formula is C33H36N8O4. The van der Waals surface area contributed by atoms with Crippen LogP contribution in [0.4, 0.5) is 5.82 Å². The van der Waals surface area contributed by atoms with E-state index in [0.29, 0.717) is 54.5 Å². The largest absolute Gasteiger partial charge is 0.457 e. The fraction of sp³-hybridized carbons (Fsp3) is 0.364. The predicted molar refractivity (Wildman–Crippen MR) is 169 cm³/mol. The highest BCUT2D eigenvalue weighted by Gasteiger charge is 2.35. The average molecular weight is 609 g/mol. The first-order valence-corrected chi connectivity index (χ1v) is 15.1. The lowest BCUT2D eigenvalue weighted by molar-refractivity contribution is -0.127. The molecule has 0 saturated carbocycles. The number of amides is 1. The van der Waals surface area contributed by atoms with E-state index in [1.54, 1.807) is 39.8 Å². The normalized spacial score (nSPS) is 17.8. The highest BCUT2D eigenvalue weighted by molar-refractivity contribution is 5.97. The van der Waals surface area contributed by atoms with Gasteiger partial charge in [-0.25, -0.2) is 14.8 Å². The molecule has 0 bridgehead atoms. The number of morpholine rings is 1. The summed E-state index contributed by atoms with van der Waals surface area (Å²) in [6.07, 6.45) is 4.53. The number of benzene rings is 2. The van der Waals surface area contributed by atoms with Gasteiger partial charge in [0.25, 0.3) is 5.91 Å². The molecule has 1 amide bonds. The van der Waals surface area contributed by atoms with Crippen molar-refractivity contribution in [2.24, 2.45) is 0 Å². The Hall–Kier alpha value is -4.99. The van der Waals surface area contributed by atoms with Crippen molar-refractivity contribution in [1.29, 1.82) is 5.26 Å². The minimum absolute atomic E-state index is 0.0950. The third kappa shape index (κ3) is 6.05. The van der Waals surface area contributed by atoms with E-state index in [1.807, 2.05) is 44.2 Å². The number of carbonyl (C=O) groups is 1. The number of aromatic nitrogens is 4. The number of imidazole rings is 1. The van der Waals surface area contributed by atoms with Crippen LogP contribution in [0, 0.1) is 11.3 Å². The summed E-state index contributed by atoms with van der Waals surface area (Å²) in [7, 11) is 0. The summed E-state index contributed by atoms with van der Waals surface area (Å²) in [5.74, 6) is 1.15. The zero-order chi connectivity index (χ0) is 31.6. The molecule has 2 aliphatic rings. The molecule has 1 atom stereocenters. The Bertz CT molecular complexity index is 1820. The van der Waals surface area contributed by atoms with Gasteiger partial charge in [-0.15, -0.1) is 0 Å². The summed E-state index contributed by atoms with van der Waals surface area (Å²) < 4.78 is 14.4. The molecule has 2 saturated heterocycles. The number of hydrogen-bond donors (Lipinski definition) is 1. The van der Waals surface area contributed by atoms with Gasteiger partial charge in [-0.2, -0.15) is 5.26 Å². The third-order valence-electron chi connectivity index (χ3n) is 8.51. The van der Waals surface area contributed by atoms with Gasteiger partial charge in [0.1, 0.15) is 35.0 Å². The summed E-state index contributed by atoms with van der Waals surface area (Å²) in [5.41, 5.74) is 6.89. The number of para-hydroxylation sites is 1. The number of carbonyl (C=O) groups excluding carboxylic acids is 1. The second-order valence-electron chi connectivity index (χ2n) is 11.8. The van der Waals surface area contributed by atoms with Crippen molar-refractivity contribution in [3.63, 3.8) is 0 Å². The van der Waals surface area contributed by atoms with Gasteiger partial charge in [-0.05, 0) is 69.2 Å². The van der Waals surface area contributed by atoms with Gasteiger partial charge >= 0.3 is 5.69 Å². The maximum absolute atomic E-state index is 14.0. The molecule has 232 valence electrons. The van der Waals surface area contributed by atoms with Crippen molar-refractivity contribution >= 4 is 22.9 Å². The summed E-state index contributed by atoms with van der Waals surface area (Å²) in [6.45, 7) is 7.38. The zero-order valence-corrected chi connectivity index (χ0v) is 25.4. The maximum Gasteiger partial charge on any atom is 0.335 e. The molecule has 4 heterocycles. The SMILES string of the molecule is CC(C)(/C=C(/C#N)C(=O)N1CCC[C@H]1Cn1c(=O)n(-c2ccc(Oc3ccccc3)cc2)c2c(N)ncnc21)N1CCOCC1. The number of nitrogen functional groups attached to an aromatic ring is 1. The summed E-state index contributed by atoms with van der Waals surface area (Å²) >= 11 is 0. The summed E-state index contributed by atoms with van der Waals surface area (Å²) in [5, 5.41) is 10.0. The van der Waals surface area contributed by atoms with Crippen LogP contribution in [0.15, 0.2) is 77.4 Å². The molecule has 45 heavy (non-hydrogen) atoms. The van der Waals surface area contributed by atoms with Crippen molar-refractivity contribution in [3.8, 4) is 23.3 Å². The fourth-order valence-electron chi connectivity index (χ4n) is 6.18. The van der Waals surface area contributed by atoms with Crippen LogP contribution in [0.25, 0.3) is 16.9 Å². The Morgan fingerprint density at radius 2 is 1.80 bits per heavy atom. The molecular weight excluding hydrogens is 572 g/mol. The second-order valence-corrected chi connectivity index (χ2v) is 11.8. The molecule has 2 fully saturated rings. The van der Waals surface area contributed by atoms with Gasteiger partial charge < -0.3 is 20.1 Å². The Morgan fingerprint density at radius 3 is 2.51 bits per heavy atom. The Morgan fingerprint density at radius 1 is 1.09 bits per heavy atom. The number of anilines is 1. The molecule has 4 aromatic rings. The molecule has 12 heteroatoms. The number of nitrogens with two attached hydrogens (primary N) is 1. The molecule has 2 aromatic carbocycles. The van der Waals surface area contributed by atoms with E-state index >= 15 is 0 Å². The highest BCUT2D eigenvalue weighted by atomic mass is 16.5. The Labute approximate surface area is 260 Å². The first kappa shape index (κ1) is 30.1. The lowest BCUT2D eigenvalue weighted by Crippen LogP contribution is -2.49. The van der Waals surface area contributed by atoms with Crippen molar-refractivity contribution in [2.75, 3.05) is 38.6 Å². The minimum atomic E-state index is -0.500. The lowest BCUT2D eigenvalue weighted by atomic mass is 9.97. The predicted octanol–water partition coefficient (Wildman–Crippen LogP) is 3.51. The molecule has 2 N–H and O–H groups in total. The number of nitrogens with zero attached hydrogens (tertiary/aromatic N) is 7. The topological polar surface area (TPSA) is 145 Å². The molecule has 6 rings (SSSR count). The van der Waals surface area contributed by atoms with E-state index in [0.717, 1.165) is 19.5 Å². The number of rotatable bonds is 8. The van der Waals surface area contributed by atoms with Gasteiger partial charge in [0.05, 0.1) is 24.9 Å². The number of ether oxygens (including phenoxy) is 2. The molecule has 2 aromatic heterocycles. The van der Waals surface area contributed by atoms with Crippen LogP contribution in [0.5, 0.6) is 11.5 Å². The number of likely N-dealkylation sites (tertiary alicyclic amines) is 1. The van der Waals surface area contributed by atoms with Crippen molar-refractivity contribution < 1.29 is 14.3 Å². The molecule has 12 nitrogen and oxygen atoms in total. The second kappa shape index (κ2) is 12.6. The Kier molecular flexibility index (Phi) is 8.38. The molecule has 0 radical (unpaired) electrons. The smallest absolute Gasteiger partial charge is 0.335 e. The van der Waals surface area contributed by atoms with Crippen LogP contribution >= 0.6 is 0 Å². The van der Waals surface area contributed by atoms with Crippen molar-refractivity contribution in [3.05, 3.63) is 83.1 Å². The van der Waals surface area contributed by atoms with Crippen molar-refractivity contribution in [2.45, 2.75) is 44.8 Å². The van der Waals surface area contributed by atoms with Gasteiger partial charge in [-0.1, -0.05) is 18.2 Å². The third-order valence-corrected chi connectivity index (χ3v) is 8.51. The van der Waals surface area contributed by atoms with Crippen molar-refractivity contribution in [1.82, 2.24) is 28.9 Å². The summed E-state index contributed by atoms with van der Waals surface area (Å²) in [4.78, 5) is 40.3. The first-order valence-electron chi connectivity index (χ1n) is 15.1. The number of fused-ring (bicyclic) bond motifs is 1. The van der Waals surface area contributed by atoms with E-state index < -0.39 is 5.54 Å². The monoisotopic (exact) mass is 608 g/mol.